The summed E-state index contributed by atoms with van der Waals surface area (Å²) >= 11 is 0. The summed E-state index contributed by atoms with van der Waals surface area (Å²) in [5.74, 6) is -0.409. The summed E-state index contributed by atoms with van der Waals surface area (Å²) in [6.45, 7) is 2.39. The molecule has 112 valence electrons. The van der Waals surface area contributed by atoms with Crippen molar-refractivity contribution in [2.24, 2.45) is 0 Å². The molecule has 0 saturated heterocycles. The van der Waals surface area contributed by atoms with Gasteiger partial charge in [0.05, 0.1) is 12.7 Å². The van der Waals surface area contributed by atoms with Crippen LogP contribution in [0.2, 0.25) is 0 Å². The summed E-state index contributed by atoms with van der Waals surface area (Å²) in [5, 5.41) is 7.97. The normalized spacial score (nSPS) is 10.6. The fourth-order valence-corrected chi connectivity index (χ4v) is 2.14. The monoisotopic (exact) mass is 297 g/mol. The van der Waals surface area contributed by atoms with Crippen LogP contribution >= 0.6 is 0 Å². The van der Waals surface area contributed by atoms with Crippen molar-refractivity contribution in [3.05, 3.63) is 59.2 Å². The molecule has 0 aliphatic carbocycles. The fourth-order valence-electron chi connectivity index (χ4n) is 2.14. The van der Waals surface area contributed by atoms with Crippen molar-refractivity contribution in [1.82, 2.24) is 15.2 Å². The zero-order valence-electron chi connectivity index (χ0n) is 12.3. The van der Waals surface area contributed by atoms with Crippen molar-refractivity contribution in [3.63, 3.8) is 0 Å². The van der Waals surface area contributed by atoms with E-state index < -0.39 is 5.97 Å². The summed E-state index contributed by atoms with van der Waals surface area (Å²) in [5.41, 5.74) is 3.91. The lowest BCUT2D eigenvalue weighted by Crippen LogP contribution is -2.13. The van der Waals surface area contributed by atoms with Gasteiger partial charge < -0.3 is 9.57 Å². The summed E-state index contributed by atoms with van der Waals surface area (Å²) in [6, 6.07) is 13.0. The van der Waals surface area contributed by atoms with Crippen molar-refractivity contribution in [2.75, 3.05) is 7.11 Å². The van der Waals surface area contributed by atoms with Crippen LogP contribution in [-0.2, 0) is 11.3 Å². The Labute approximate surface area is 127 Å². The van der Waals surface area contributed by atoms with Crippen LogP contribution in [0, 0.1) is 6.92 Å². The number of hydrogen-bond acceptors (Lipinski definition) is 5. The number of aryl methyl sites for hydroxylation is 1. The van der Waals surface area contributed by atoms with E-state index in [-0.39, 0.29) is 0 Å². The maximum Gasteiger partial charge on any atom is 0.337 e. The van der Waals surface area contributed by atoms with Crippen LogP contribution in [0.15, 0.2) is 42.5 Å². The second kappa shape index (κ2) is 5.85. The molecule has 22 heavy (non-hydrogen) atoms. The SMILES string of the molecule is COC(=O)c1ccc2nnn(OCc3ccccc3C)c2c1. The molecule has 0 fully saturated rings. The van der Waals surface area contributed by atoms with Gasteiger partial charge in [-0.3, -0.25) is 0 Å². The third-order valence-electron chi connectivity index (χ3n) is 3.44. The van der Waals surface area contributed by atoms with Crippen LogP contribution < -0.4 is 4.84 Å². The Kier molecular flexibility index (Phi) is 3.74. The van der Waals surface area contributed by atoms with Crippen LogP contribution in [0.4, 0.5) is 0 Å². The molecule has 3 aromatic rings. The molecule has 0 radical (unpaired) electrons. The number of esters is 1. The lowest BCUT2D eigenvalue weighted by molar-refractivity contribution is 0.0600. The molecule has 3 rings (SSSR count). The van der Waals surface area contributed by atoms with E-state index in [1.165, 1.54) is 12.0 Å². The van der Waals surface area contributed by atoms with Crippen molar-refractivity contribution in [3.8, 4) is 0 Å². The van der Waals surface area contributed by atoms with Crippen LogP contribution in [0.3, 0.4) is 0 Å². The summed E-state index contributed by atoms with van der Waals surface area (Å²) in [6.07, 6.45) is 0. The molecule has 0 spiro atoms. The third-order valence-corrected chi connectivity index (χ3v) is 3.44. The topological polar surface area (TPSA) is 66.2 Å². The van der Waals surface area contributed by atoms with E-state index in [2.05, 4.69) is 10.3 Å². The first kappa shape index (κ1) is 14.1. The second-order valence-corrected chi connectivity index (χ2v) is 4.86. The molecular weight excluding hydrogens is 282 g/mol. The Morgan fingerprint density at radius 2 is 2.05 bits per heavy atom. The minimum absolute atomic E-state index is 0.369. The average molecular weight is 297 g/mol. The molecule has 0 bridgehead atoms. The van der Waals surface area contributed by atoms with E-state index in [4.69, 9.17) is 9.57 Å². The molecule has 0 aliphatic heterocycles. The number of rotatable bonds is 4. The highest BCUT2D eigenvalue weighted by molar-refractivity contribution is 5.93. The first-order valence-corrected chi connectivity index (χ1v) is 6.80. The molecule has 6 heteroatoms. The van der Waals surface area contributed by atoms with Crippen LogP contribution in [0.5, 0.6) is 0 Å². The molecule has 0 aliphatic rings. The third kappa shape index (κ3) is 2.63. The quantitative estimate of drug-likeness (QED) is 0.690. The lowest BCUT2D eigenvalue weighted by atomic mass is 10.1. The van der Waals surface area contributed by atoms with Gasteiger partial charge in [0.2, 0.25) is 0 Å². The van der Waals surface area contributed by atoms with E-state index >= 15 is 0 Å². The molecule has 2 aromatic carbocycles. The molecule has 1 aromatic heterocycles. The number of benzene rings is 2. The number of aromatic nitrogens is 3. The predicted octanol–water partition coefficient (Wildman–Crippen LogP) is 2.16. The molecule has 1 heterocycles. The predicted molar refractivity (Wildman–Crippen MR) is 80.3 cm³/mol. The minimum atomic E-state index is -0.409. The number of fused-ring (bicyclic) bond motifs is 1. The van der Waals surface area contributed by atoms with Gasteiger partial charge in [0.25, 0.3) is 0 Å². The maximum atomic E-state index is 11.6. The Hall–Kier alpha value is -2.89. The standard InChI is InChI=1S/C16H15N3O3/c1-11-5-3-4-6-13(11)10-22-19-15-9-12(16(20)21-2)7-8-14(15)17-18-19/h3-9H,10H2,1-2H3. The van der Waals surface area contributed by atoms with Gasteiger partial charge in [0, 0.05) is 0 Å². The highest BCUT2D eigenvalue weighted by Gasteiger charge is 2.11. The maximum absolute atomic E-state index is 11.6. The Bertz CT molecular complexity index is 826. The van der Waals surface area contributed by atoms with Crippen LogP contribution in [-0.4, -0.2) is 28.2 Å². The van der Waals surface area contributed by atoms with Gasteiger partial charge >= 0.3 is 5.97 Å². The first-order valence-electron chi connectivity index (χ1n) is 6.80. The minimum Gasteiger partial charge on any atom is -0.465 e. The van der Waals surface area contributed by atoms with Crippen molar-refractivity contribution < 1.29 is 14.4 Å². The van der Waals surface area contributed by atoms with E-state index in [1.54, 1.807) is 18.2 Å². The largest absolute Gasteiger partial charge is 0.465 e. The number of carbonyl (C=O) groups excluding carboxylic acids is 1. The van der Waals surface area contributed by atoms with Gasteiger partial charge in [-0.15, -0.1) is 5.10 Å². The van der Waals surface area contributed by atoms with Crippen LogP contribution in [0.1, 0.15) is 21.5 Å². The van der Waals surface area contributed by atoms with Crippen molar-refractivity contribution in [1.29, 1.82) is 0 Å². The molecule has 6 nitrogen and oxygen atoms in total. The Morgan fingerprint density at radius 1 is 1.23 bits per heavy atom. The number of carbonyl (C=O) groups is 1. The second-order valence-electron chi connectivity index (χ2n) is 4.86. The highest BCUT2D eigenvalue weighted by atomic mass is 16.7. The zero-order chi connectivity index (χ0) is 15.5. The number of nitrogens with zero attached hydrogens (tertiary/aromatic N) is 3. The molecule has 0 unspecified atom stereocenters. The number of ether oxygens (including phenoxy) is 1. The molecule has 0 atom stereocenters. The van der Waals surface area contributed by atoms with E-state index in [9.17, 15) is 4.79 Å². The highest BCUT2D eigenvalue weighted by Crippen LogP contribution is 2.14. The summed E-state index contributed by atoms with van der Waals surface area (Å²) in [7, 11) is 1.34. The van der Waals surface area contributed by atoms with Gasteiger partial charge in [-0.2, -0.15) is 0 Å². The molecule has 0 amide bonds. The van der Waals surface area contributed by atoms with E-state index in [0.29, 0.717) is 23.2 Å². The first-order chi connectivity index (χ1) is 10.7. The number of hydrogen-bond donors (Lipinski definition) is 0. The Balaban J connectivity index is 1.87. The summed E-state index contributed by atoms with van der Waals surface area (Å²) in [4.78, 5) is 18.6. The van der Waals surface area contributed by atoms with Gasteiger partial charge in [-0.05, 0) is 41.5 Å². The molecule has 0 N–H and O–H groups in total. The van der Waals surface area contributed by atoms with Gasteiger partial charge in [-0.1, -0.05) is 29.1 Å². The Morgan fingerprint density at radius 3 is 2.82 bits per heavy atom. The smallest absolute Gasteiger partial charge is 0.337 e. The van der Waals surface area contributed by atoms with Gasteiger partial charge in [-0.25, -0.2) is 4.79 Å². The zero-order valence-corrected chi connectivity index (χ0v) is 12.3. The average Bonchev–Trinajstić information content (AvgIpc) is 2.95. The lowest BCUT2D eigenvalue weighted by Gasteiger charge is -2.08. The fraction of sp³-hybridized carbons (Fsp3) is 0.188. The van der Waals surface area contributed by atoms with Gasteiger partial charge in [0.15, 0.2) is 0 Å². The van der Waals surface area contributed by atoms with Gasteiger partial charge in [0.1, 0.15) is 17.6 Å². The molecular formula is C16H15N3O3. The summed E-state index contributed by atoms with van der Waals surface area (Å²) < 4.78 is 4.72. The van der Waals surface area contributed by atoms with Crippen molar-refractivity contribution >= 4 is 17.0 Å². The molecule has 0 saturated carbocycles. The van der Waals surface area contributed by atoms with E-state index in [0.717, 1.165) is 11.1 Å². The van der Waals surface area contributed by atoms with Crippen LogP contribution in [0.25, 0.3) is 11.0 Å². The van der Waals surface area contributed by atoms with E-state index in [1.807, 2.05) is 31.2 Å². The number of methoxy groups -OCH3 is 1. The van der Waals surface area contributed by atoms with Crippen molar-refractivity contribution in [2.45, 2.75) is 13.5 Å².